The Morgan fingerprint density at radius 2 is 2.08 bits per heavy atom. The Morgan fingerprint density at radius 3 is 2.75 bits per heavy atom. The van der Waals surface area contributed by atoms with Crippen LogP contribution in [0.2, 0.25) is 0 Å². The van der Waals surface area contributed by atoms with E-state index in [4.69, 9.17) is 4.74 Å². The minimum atomic E-state index is -0.296. The van der Waals surface area contributed by atoms with Gasteiger partial charge in [-0.1, -0.05) is 6.07 Å². The summed E-state index contributed by atoms with van der Waals surface area (Å²) in [6.45, 7) is 2.29. The molecule has 2 heterocycles. The highest BCUT2D eigenvalue weighted by Gasteiger charge is 2.36. The number of aliphatic hydroxyl groups excluding tert-OH is 1. The predicted octanol–water partition coefficient (Wildman–Crippen LogP) is 2.12. The van der Waals surface area contributed by atoms with Crippen molar-refractivity contribution in [3.05, 3.63) is 54.0 Å². The molecule has 0 unspecified atom stereocenters. The fourth-order valence-electron chi connectivity index (χ4n) is 2.93. The van der Waals surface area contributed by atoms with Crippen LogP contribution in [0, 0.1) is 5.92 Å². The molecule has 2 aromatic rings. The lowest BCUT2D eigenvalue weighted by Gasteiger charge is -2.37. The Bertz CT molecular complexity index is 687. The van der Waals surface area contributed by atoms with E-state index in [1.54, 1.807) is 24.5 Å². The summed E-state index contributed by atoms with van der Waals surface area (Å²) in [6.07, 6.45) is 4.33. The lowest BCUT2D eigenvalue weighted by molar-refractivity contribution is 0.0228. The smallest absolute Gasteiger partial charge is 0.257 e. The van der Waals surface area contributed by atoms with E-state index in [2.05, 4.69) is 15.3 Å². The van der Waals surface area contributed by atoms with Gasteiger partial charge in [0.25, 0.3) is 5.91 Å². The monoisotopic (exact) mass is 327 g/mol. The highest BCUT2D eigenvalue weighted by Crippen LogP contribution is 2.37. The Labute approximate surface area is 140 Å². The number of aromatic nitrogens is 2. The van der Waals surface area contributed by atoms with Crippen LogP contribution in [0.1, 0.15) is 41.9 Å². The SMILES string of the molecule is CCOc1ncccc1C(=O)N[C@@H](c1ccccn1)C1CC(O)C1. The number of nitrogens with one attached hydrogen (secondary N) is 1. The van der Waals surface area contributed by atoms with E-state index < -0.39 is 0 Å². The molecular formula is C18H21N3O3. The summed E-state index contributed by atoms with van der Waals surface area (Å²) in [6, 6.07) is 8.79. The Kier molecular flexibility index (Phi) is 5.05. The van der Waals surface area contributed by atoms with E-state index in [0.29, 0.717) is 30.9 Å². The van der Waals surface area contributed by atoms with Gasteiger partial charge in [0.2, 0.25) is 5.88 Å². The van der Waals surface area contributed by atoms with Gasteiger partial charge in [0.1, 0.15) is 5.56 Å². The van der Waals surface area contributed by atoms with Gasteiger partial charge in [-0.3, -0.25) is 9.78 Å². The average molecular weight is 327 g/mol. The summed E-state index contributed by atoms with van der Waals surface area (Å²) in [4.78, 5) is 21.2. The summed E-state index contributed by atoms with van der Waals surface area (Å²) in [5.74, 6) is 0.251. The normalized spacial score (nSPS) is 20.8. The van der Waals surface area contributed by atoms with Crippen molar-refractivity contribution < 1.29 is 14.6 Å². The van der Waals surface area contributed by atoms with Gasteiger partial charge in [0, 0.05) is 12.4 Å². The number of carbonyl (C=O) groups excluding carboxylic acids is 1. The molecule has 0 bridgehead atoms. The predicted molar refractivity (Wildman–Crippen MR) is 88.6 cm³/mol. The number of ether oxygens (including phenoxy) is 1. The number of hydrogen-bond donors (Lipinski definition) is 2. The molecule has 6 heteroatoms. The van der Waals surface area contributed by atoms with Crippen LogP contribution in [0.4, 0.5) is 0 Å². The molecule has 1 fully saturated rings. The molecule has 1 amide bonds. The number of hydrogen-bond acceptors (Lipinski definition) is 5. The zero-order valence-electron chi connectivity index (χ0n) is 13.6. The molecule has 3 rings (SSSR count). The second kappa shape index (κ2) is 7.40. The first-order valence-electron chi connectivity index (χ1n) is 8.16. The van der Waals surface area contributed by atoms with Crippen LogP contribution in [-0.4, -0.2) is 33.7 Å². The van der Waals surface area contributed by atoms with Crippen LogP contribution in [-0.2, 0) is 0 Å². The van der Waals surface area contributed by atoms with E-state index in [1.165, 1.54) is 0 Å². The third-order valence-electron chi connectivity index (χ3n) is 4.21. The molecule has 6 nitrogen and oxygen atoms in total. The second-order valence-corrected chi connectivity index (χ2v) is 5.88. The fourth-order valence-corrected chi connectivity index (χ4v) is 2.93. The lowest BCUT2D eigenvalue weighted by atomic mass is 9.76. The molecule has 2 N–H and O–H groups in total. The van der Waals surface area contributed by atoms with E-state index in [9.17, 15) is 9.90 Å². The Morgan fingerprint density at radius 1 is 1.29 bits per heavy atom. The zero-order chi connectivity index (χ0) is 16.9. The maximum absolute atomic E-state index is 12.7. The topological polar surface area (TPSA) is 84.3 Å². The van der Waals surface area contributed by atoms with Gasteiger partial charge in [-0.05, 0) is 49.9 Å². The van der Waals surface area contributed by atoms with E-state index in [0.717, 1.165) is 5.69 Å². The number of carbonyl (C=O) groups is 1. The number of rotatable bonds is 6. The third-order valence-corrected chi connectivity index (χ3v) is 4.21. The standard InChI is InChI=1S/C18H21N3O3/c1-2-24-18-14(6-5-9-20-18)17(23)21-16(12-10-13(22)11-12)15-7-3-4-8-19-15/h3-9,12-13,16,22H,2,10-11H2,1H3,(H,21,23)/t12?,13?,16-/m1/s1. The van der Waals surface area contributed by atoms with Gasteiger partial charge in [-0.2, -0.15) is 0 Å². The minimum absolute atomic E-state index is 0.172. The van der Waals surface area contributed by atoms with Gasteiger partial charge in [0.05, 0.1) is 24.4 Å². The van der Waals surface area contributed by atoms with Crippen LogP contribution < -0.4 is 10.1 Å². The summed E-state index contributed by atoms with van der Waals surface area (Å²) in [5, 5.41) is 12.7. The van der Waals surface area contributed by atoms with Crippen LogP contribution in [0.5, 0.6) is 5.88 Å². The van der Waals surface area contributed by atoms with Crippen molar-refractivity contribution in [2.24, 2.45) is 5.92 Å². The molecule has 2 aromatic heterocycles. The van der Waals surface area contributed by atoms with Crippen molar-refractivity contribution in [3.8, 4) is 5.88 Å². The van der Waals surface area contributed by atoms with Crippen molar-refractivity contribution in [2.75, 3.05) is 6.61 Å². The highest BCUT2D eigenvalue weighted by molar-refractivity contribution is 5.96. The van der Waals surface area contributed by atoms with Gasteiger partial charge in [0.15, 0.2) is 0 Å². The maximum atomic E-state index is 12.7. The van der Waals surface area contributed by atoms with Gasteiger partial charge in [-0.15, -0.1) is 0 Å². The number of aliphatic hydroxyl groups is 1. The van der Waals surface area contributed by atoms with Gasteiger partial charge >= 0.3 is 0 Å². The molecule has 126 valence electrons. The molecule has 0 saturated heterocycles. The van der Waals surface area contributed by atoms with Gasteiger partial charge in [-0.25, -0.2) is 4.98 Å². The second-order valence-electron chi connectivity index (χ2n) is 5.88. The van der Waals surface area contributed by atoms with Crippen LogP contribution >= 0.6 is 0 Å². The number of amides is 1. The molecule has 0 aromatic carbocycles. The molecule has 1 aliphatic carbocycles. The molecule has 1 saturated carbocycles. The van der Waals surface area contributed by atoms with E-state index in [-0.39, 0.29) is 24.0 Å². The first-order valence-corrected chi connectivity index (χ1v) is 8.16. The van der Waals surface area contributed by atoms with E-state index >= 15 is 0 Å². The molecule has 24 heavy (non-hydrogen) atoms. The van der Waals surface area contributed by atoms with Crippen molar-refractivity contribution in [1.82, 2.24) is 15.3 Å². The molecule has 1 atom stereocenters. The summed E-state index contributed by atoms with van der Waals surface area (Å²) in [5.41, 5.74) is 1.20. The molecule has 0 spiro atoms. The number of nitrogens with zero attached hydrogens (tertiary/aromatic N) is 2. The lowest BCUT2D eigenvalue weighted by Crippen LogP contribution is -2.41. The van der Waals surface area contributed by atoms with Crippen molar-refractivity contribution in [1.29, 1.82) is 0 Å². The largest absolute Gasteiger partial charge is 0.477 e. The quantitative estimate of drug-likeness (QED) is 0.849. The first kappa shape index (κ1) is 16.4. The Balaban J connectivity index is 1.81. The minimum Gasteiger partial charge on any atom is -0.477 e. The van der Waals surface area contributed by atoms with Crippen LogP contribution in [0.25, 0.3) is 0 Å². The fraction of sp³-hybridized carbons (Fsp3) is 0.389. The Hall–Kier alpha value is -2.47. The molecule has 0 radical (unpaired) electrons. The highest BCUT2D eigenvalue weighted by atomic mass is 16.5. The number of pyridine rings is 2. The third kappa shape index (κ3) is 3.54. The van der Waals surface area contributed by atoms with Crippen molar-refractivity contribution in [3.63, 3.8) is 0 Å². The molecular weight excluding hydrogens is 306 g/mol. The summed E-state index contributed by atoms with van der Waals surface area (Å²) >= 11 is 0. The van der Waals surface area contributed by atoms with Crippen LogP contribution in [0.3, 0.4) is 0 Å². The van der Waals surface area contributed by atoms with Gasteiger partial charge < -0.3 is 15.2 Å². The molecule has 0 aliphatic heterocycles. The molecule has 1 aliphatic rings. The summed E-state index contributed by atoms with van der Waals surface area (Å²) < 4.78 is 5.44. The van der Waals surface area contributed by atoms with E-state index in [1.807, 2.05) is 25.1 Å². The van der Waals surface area contributed by atoms with Crippen molar-refractivity contribution >= 4 is 5.91 Å². The average Bonchev–Trinajstić information content (AvgIpc) is 2.58. The first-order chi connectivity index (χ1) is 11.7. The zero-order valence-corrected chi connectivity index (χ0v) is 13.6. The maximum Gasteiger partial charge on any atom is 0.257 e. The summed E-state index contributed by atoms with van der Waals surface area (Å²) in [7, 11) is 0. The van der Waals surface area contributed by atoms with Crippen LogP contribution in [0.15, 0.2) is 42.7 Å². The van der Waals surface area contributed by atoms with Crippen molar-refractivity contribution in [2.45, 2.75) is 31.9 Å².